The van der Waals surface area contributed by atoms with Gasteiger partial charge in [-0.25, -0.2) is 9.67 Å². The van der Waals surface area contributed by atoms with Gasteiger partial charge in [-0.2, -0.15) is 5.10 Å². The summed E-state index contributed by atoms with van der Waals surface area (Å²) in [5.74, 6) is 1.44. The van der Waals surface area contributed by atoms with Gasteiger partial charge in [0.2, 0.25) is 0 Å². The Labute approximate surface area is 109 Å². The van der Waals surface area contributed by atoms with E-state index in [2.05, 4.69) is 10.1 Å². The van der Waals surface area contributed by atoms with Crippen molar-refractivity contribution in [3.63, 3.8) is 0 Å². The molecule has 0 N–H and O–H groups in total. The van der Waals surface area contributed by atoms with Gasteiger partial charge in [0.15, 0.2) is 5.82 Å². The Morgan fingerprint density at radius 3 is 2.89 bits per heavy atom. The summed E-state index contributed by atoms with van der Waals surface area (Å²) >= 11 is 6.25. The summed E-state index contributed by atoms with van der Waals surface area (Å²) in [4.78, 5) is 4.52. The number of pyridine rings is 1. The van der Waals surface area contributed by atoms with Crippen LogP contribution in [0.1, 0.15) is 0 Å². The van der Waals surface area contributed by atoms with Crippen molar-refractivity contribution >= 4 is 22.5 Å². The molecule has 0 unspecified atom stereocenters. The van der Waals surface area contributed by atoms with Gasteiger partial charge in [0.1, 0.15) is 5.75 Å². The molecule has 2 aromatic heterocycles. The van der Waals surface area contributed by atoms with Gasteiger partial charge in [0.25, 0.3) is 0 Å². The number of benzene rings is 1. The first-order valence-electron chi connectivity index (χ1n) is 5.42. The third-order valence-electron chi connectivity index (χ3n) is 2.69. The van der Waals surface area contributed by atoms with E-state index in [0.29, 0.717) is 10.8 Å². The fourth-order valence-electron chi connectivity index (χ4n) is 1.80. The molecule has 0 aliphatic rings. The van der Waals surface area contributed by atoms with Crippen molar-refractivity contribution in [1.82, 2.24) is 14.8 Å². The fourth-order valence-corrected chi connectivity index (χ4v) is 2.06. The van der Waals surface area contributed by atoms with Crippen LogP contribution in [0.5, 0.6) is 5.75 Å². The molecule has 2 heterocycles. The molecule has 0 saturated carbocycles. The van der Waals surface area contributed by atoms with Crippen LogP contribution in [0.3, 0.4) is 0 Å². The van der Waals surface area contributed by atoms with Crippen LogP contribution in [0.15, 0.2) is 42.7 Å². The Balaban J connectivity index is 2.24. The average molecular weight is 260 g/mol. The van der Waals surface area contributed by atoms with E-state index in [-0.39, 0.29) is 0 Å². The van der Waals surface area contributed by atoms with Crippen molar-refractivity contribution in [1.29, 1.82) is 0 Å². The highest BCUT2D eigenvalue weighted by atomic mass is 35.5. The first kappa shape index (κ1) is 11.0. The van der Waals surface area contributed by atoms with E-state index < -0.39 is 0 Å². The Kier molecular flexibility index (Phi) is 2.64. The lowest BCUT2D eigenvalue weighted by Crippen LogP contribution is -1.98. The molecular formula is C13H10ClN3O. The minimum atomic E-state index is 0.646. The molecule has 3 aromatic rings. The first-order chi connectivity index (χ1) is 8.78. The summed E-state index contributed by atoms with van der Waals surface area (Å²) in [6.45, 7) is 0. The predicted molar refractivity (Wildman–Crippen MR) is 70.4 cm³/mol. The molecule has 0 aliphatic heterocycles. The van der Waals surface area contributed by atoms with E-state index in [1.165, 1.54) is 0 Å². The SMILES string of the molecule is COc1ccc2c(Cl)cc(-n3cccn3)nc2c1. The van der Waals surface area contributed by atoms with E-state index in [1.54, 1.807) is 24.1 Å². The lowest BCUT2D eigenvalue weighted by Gasteiger charge is -2.06. The summed E-state index contributed by atoms with van der Waals surface area (Å²) < 4.78 is 6.86. The van der Waals surface area contributed by atoms with Crippen LogP contribution >= 0.6 is 11.6 Å². The number of methoxy groups -OCH3 is 1. The maximum atomic E-state index is 6.25. The van der Waals surface area contributed by atoms with Crippen LogP contribution in [0.25, 0.3) is 16.7 Å². The monoisotopic (exact) mass is 259 g/mol. The van der Waals surface area contributed by atoms with E-state index >= 15 is 0 Å². The standard InChI is InChI=1S/C13H10ClN3O/c1-18-9-3-4-10-11(14)8-13(16-12(10)7-9)17-6-2-5-15-17/h2-8H,1H3. The minimum absolute atomic E-state index is 0.646. The van der Waals surface area contributed by atoms with Crippen molar-refractivity contribution in [3.05, 3.63) is 47.7 Å². The summed E-state index contributed by atoms with van der Waals surface area (Å²) in [5.41, 5.74) is 0.785. The number of hydrogen-bond acceptors (Lipinski definition) is 3. The van der Waals surface area contributed by atoms with Crippen molar-refractivity contribution in [3.8, 4) is 11.6 Å². The van der Waals surface area contributed by atoms with Crippen molar-refractivity contribution in [2.24, 2.45) is 0 Å². The number of fused-ring (bicyclic) bond motifs is 1. The topological polar surface area (TPSA) is 39.9 Å². The number of rotatable bonds is 2. The molecule has 90 valence electrons. The van der Waals surface area contributed by atoms with E-state index in [1.807, 2.05) is 30.5 Å². The lowest BCUT2D eigenvalue weighted by atomic mass is 10.2. The van der Waals surface area contributed by atoms with Gasteiger partial charge in [-0.1, -0.05) is 11.6 Å². The number of halogens is 1. The second-order valence-electron chi connectivity index (χ2n) is 3.80. The first-order valence-corrected chi connectivity index (χ1v) is 5.80. The van der Waals surface area contributed by atoms with E-state index in [4.69, 9.17) is 16.3 Å². The third kappa shape index (κ3) is 1.80. The van der Waals surface area contributed by atoms with Crippen LogP contribution in [-0.2, 0) is 0 Å². The van der Waals surface area contributed by atoms with Crippen molar-refractivity contribution < 1.29 is 4.74 Å². The molecule has 0 bridgehead atoms. The molecule has 18 heavy (non-hydrogen) atoms. The van der Waals surface area contributed by atoms with Crippen molar-refractivity contribution in [2.45, 2.75) is 0 Å². The van der Waals surface area contributed by atoms with Gasteiger partial charge in [-0.3, -0.25) is 0 Å². The zero-order valence-corrected chi connectivity index (χ0v) is 10.4. The van der Waals surface area contributed by atoms with Crippen LogP contribution in [0.2, 0.25) is 5.02 Å². The van der Waals surface area contributed by atoms with Gasteiger partial charge in [0, 0.05) is 29.9 Å². The third-order valence-corrected chi connectivity index (χ3v) is 3.00. The maximum absolute atomic E-state index is 6.25. The molecule has 0 aliphatic carbocycles. The zero-order valence-electron chi connectivity index (χ0n) is 9.67. The summed E-state index contributed by atoms with van der Waals surface area (Å²) in [6, 6.07) is 9.25. The lowest BCUT2D eigenvalue weighted by molar-refractivity contribution is 0.415. The highest BCUT2D eigenvalue weighted by Gasteiger charge is 2.07. The molecule has 0 fully saturated rings. The number of ether oxygens (including phenoxy) is 1. The number of aromatic nitrogens is 3. The molecule has 0 atom stereocenters. The smallest absolute Gasteiger partial charge is 0.155 e. The van der Waals surface area contributed by atoms with Gasteiger partial charge in [0.05, 0.1) is 17.6 Å². The molecule has 3 rings (SSSR count). The Bertz CT molecular complexity index is 695. The second kappa shape index (κ2) is 4.31. The summed E-state index contributed by atoms with van der Waals surface area (Å²) in [7, 11) is 1.63. The Morgan fingerprint density at radius 1 is 1.28 bits per heavy atom. The molecule has 4 nitrogen and oxygen atoms in total. The summed E-state index contributed by atoms with van der Waals surface area (Å²) in [5, 5.41) is 5.68. The Morgan fingerprint density at radius 2 is 2.17 bits per heavy atom. The van der Waals surface area contributed by atoms with Crippen molar-refractivity contribution in [2.75, 3.05) is 7.11 Å². The zero-order chi connectivity index (χ0) is 12.5. The average Bonchev–Trinajstić information content (AvgIpc) is 2.91. The Hall–Kier alpha value is -2.07. The molecular weight excluding hydrogens is 250 g/mol. The highest BCUT2D eigenvalue weighted by Crippen LogP contribution is 2.27. The van der Waals surface area contributed by atoms with Crippen LogP contribution in [0, 0.1) is 0 Å². The number of hydrogen-bond donors (Lipinski definition) is 0. The second-order valence-corrected chi connectivity index (χ2v) is 4.20. The largest absolute Gasteiger partial charge is 0.497 e. The summed E-state index contributed by atoms with van der Waals surface area (Å²) in [6.07, 6.45) is 3.52. The van der Waals surface area contributed by atoms with E-state index in [0.717, 1.165) is 16.7 Å². The predicted octanol–water partition coefficient (Wildman–Crippen LogP) is 3.08. The fraction of sp³-hybridized carbons (Fsp3) is 0.0769. The van der Waals surface area contributed by atoms with Crippen LogP contribution < -0.4 is 4.74 Å². The van der Waals surface area contributed by atoms with Crippen LogP contribution in [0.4, 0.5) is 0 Å². The molecule has 0 saturated heterocycles. The molecule has 0 spiro atoms. The van der Waals surface area contributed by atoms with Gasteiger partial charge in [-0.15, -0.1) is 0 Å². The molecule has 0 radical (unpaired) electrons. The maximum Gasteiger partial charge on any atom is 0.155 e. The van der Waals surface area contributed by atoms with E-state index in [9.17, 15) is 0 Å². The normalized spacial score (nSPS) is 10.8. The highest BCUT2D eigenvalue weighted by molar-refractivity contribution is 6.35. The molecule has 1 aromatic carbocycles. The van der Waals surface area contributed by atoms with Gasteiger partial charge < -0.3 is 4.74 Å². The van der Waals surface area contributed by atoms with Gasteiger partial charge >= 0.3 is 0 Å². The minimum Gasteiger partial charge on any atom is -0.497 e. The number of nitrogens with zero attached hydrogens (tertiary/aromatic N) is 3. The molecule has 0 amide bonds. The quantitative estimate of drug-likeness (QED) is 0.710. The van der Waals surface area contributed by atoms with Crippen LogP contribution in [-0.4, -0.2) is 21.9 Å². The molecule has 5 heteroatoms. The van der Waals surface area contributed by atoms with Gasteiger partial charge in [-0.05, 0) is 18.2 Å².